The fraction of sp³-hybridized carbons (Fsp3) is 0.935. The van der Waals surface area contributed by atoms with Crippen molar-refractivity contribution in [3.8, 4) is 0 Å². The highest BCUT2D eigenvalue weighted by molar-refractivity contribution is 7.47. The smallest absolute Gasteiger partial charge is 0.463 e. The molecule has 0 fully saturated rings. The third-order valence-corrected chi connectivity index (χ3v) is 8.02. The van der Waals surface area contributed by atoms with Gasteiger partial charge in [-0.1, -0.05) is 129 Å². The van der Waals surface area contributed by atoms with Crippen LogP contribution in [-0.4, -0.2) is 54.3 Å². The van der Waals surface area contributed by atoms with Crippen molar-refractivity contribution in [2.24, 2.45) is 0 Å². The number of amides is 1. The van der Waals surface area contributed by atoms with E-state index in [0.717, 1.165) is 38.5 Å². The molecular weight excluding hydrogens is 545 g/mol. The molecule has 0 heterocycles. The molecule has 9 nitrogen and oxygen atoms in total. The summed E-state index contributed by atoms with van der Waals surface area (Å²) in [6.45, 7) is 3.51. The highest BCUT2D eigenvalue weighted by atomic mass is 31.2. The number of aliphatic hydroxyl groups excluding tert-OH is 1. The molecule has 0 aromatic heterocycles. The van der Waals surface area contributed by atoms with Crippen molar-refractivity contribution < 1.29 is 37.9 Å². The Labute approximate surface area is 250 Å². The van der Waals surface area contributed by atoms with Crippen LogP contribution in [0.1, 0.15) is 155 Å². The van der Waals surface area contributed by atoms with Crippen LogP contribution in [-0.2, 0) is 27.9 Å². The summed E-state index contributed by atoms with van der Waals surface area (Å²) in [5, 5.41) is 12.6. The second kappa shape index (κ2) is 29.1. The van der Waals surface area contributed by atoms with Gasteiger partial charge in [-0.05, 0) is 12.8 Å². The molecular formula is C31H62NO8P. The van der Waals surface area contributed by atoms with Crippen LogP contribution in [0.2, 0.25) is 0 Å². The van der Waals surface area contributed by atoms with Crippen LogP contribution in [0.25, 0.3) is 0 Å². The quantitative estimate of drug-likeness (QED) is 0.0414. The number of esters is 1. The standard InChI is InChI=1S/C31H62NO8P/c1-3-5-7-9-11-13-14-16-18-20-22-24-31(35)38-27-29(33)28-40-41(36,37)39-26-25-32-30(34)23-21-19-17-15-12-10-8-6-4-2/h29,33H,3-28H2,1-2H3,(H,32,34)(H,36,37). The molecule has 0 aliphatic rings. The maximum Gasteiger partial charge on any atom is 0.472 e. The number of phosphoric acid groups is 1. The van der Waals surface area contributed by atoms with E-state index in [0.29, 0.717) is 6.42 Å². The maximum atomic E-state index is 12.0. The summed E-state index contributed by atoms with van der Waals surface area (Å²) < 4.78 is 26.6. The minimum Gasteiger partial charge on any atom is -0.463 e. The Morgan fingerprint density at radius 2 is 1.10 bits per heavy atom. The molecule has 244 valence electrons. The predicted octanol–water partition coefficient (Wildman–Crippen LogP) is 7.76. The zero-order chi connectivity index (χ0) is 30.4. The monoisotopic (exact) mass is 607 g/mol. The molecule has 0 aliphatic heterocycles. The first-order valence-corrected chi connectivity index (χ1v) is 18.0. The molecule has 0 radical (unpaired) electrons. The lowest BCUT2D eigenvalue weighted by atomic mass is 10.1. The van der Waals surface area contributed by atoms with Crippen LogP contribution in [0.4, 0.5) is 0 Å². The summed E-state index contributed by atoms with van der Waals surface area (Å²) in [5.41, 5.74) is 0. The Morgan fingerprint density at radius 1 is 0.659 bits per heavy atom. The SMILES string of the molecule is CCCCCCCCCCCCCC(=O)OCC(O)COP(=O)(O)OCCNC(=O)CCCCCCCCCCC. The fourth-order valence-electron chi connectivity index (χ4n) is 4.50. The average Bonchev–Trinajstić information content (AvgIpc) is 2.95. The molecule has 0 rings (SSSR count). The number of ether oxygens (including phenoxy) is 1. The maximum absolute atomic E-state index is 12.0. The molecule has 2 unspecified atom stereocenters. The van der Waals surface area contributed by atoms with Crippen molar-refractivity contribution in [1.82, 2.24) is 5.32 Å². The van der Waals surface area contributed by atoms with Crippen LogP contribution in [0, 0.1) is 0 Å². The van der Waals surface area contributed by atoms with Crippen molar-refractivity contribution in [2.75, 3.05) is 26.4 Å². The van der Waals surface area contributed by atoms with Gasteiger partial charge in [0.2, 0.25) is 5.91 Å². The van der Waals surface area contributed by atoms with E-state index < -0.39 is 26.5 Å². The lowest BCUT2D eigenvalue weighted by Gasteiger charge is -2.15. The number of hydrogen-bond acceptors (Lipinski definition) is 7. The van der Waals surface area contributed by atoms with Gasteiger partial charge in [-0.3, -0.25) is 18.6 Å². The van der Waals surface area contributed by atoms with Crippen molar-refractivity contribution in [1.29, 1.82) is 0 Å². The molecule has 0 spiro atoms. The van der Waals surface area contributed by atoms with E-state index in [1.807, 2.05) is 0 Å². The lowest BCUT2D eigenvalue weighted by molar-refractivity contribution is -0.147. The van der Waals surface area contributed by atoms with Crippen LogP contribution >= 0.6 is 7.82 Å². The van der Waals surface area contributed by atoms with Gasteiger partial charge in [0, 0.05) is 19.4 Å². The number of hydrogen-bond donors (Lipinski definition) is 3. The molecule has 0 aliphatic carbocycles. The second-order valence-corrected chi connectivity index (χ2v) is 12.6. The third kappa shape index (κ3) is 30.3. The van der Waals surface area contributed by atoms with Crippen molar-refractivity contribution in [3.63, 3.8) is 0 Å². The average molecular weight is 608 g/mol. The molecule has 0 aromatic rings. The van der Waals surface area contributed by atoms with E-state index in [9.17, 15) is 24.2 Å². The van der Waals surface area contributed by atoms with Gasteiger partial charge in [-0.25, -0.2) is 4.57 Å². The van der Waals surface area contributed by atoms with Crippen LogP contribution in [0.15, 0.2) is 0 Å². The minimum atomic E-state index is -4.39. The Balaban J connectivity index is 3.64. The molecule has 0 bridgehead atoms. The Hall–Kier alpha value is -0.990. The number of phosphoric ester groups is 1. The third-order valence-electron chi connectivity index (χ3n) is 7.04. The first-order chi connectivity index (χ1) is 19.8. The Morgan fingerprint density at radius 3 is 1.59 bits per heavy atom. The van der Waals surface area contributed by atoms with E-state index in [2.05, 4.69) is 19.2 Å². The Kier molecular flexibility index (Phi) is 28.4. The summed E-state index contributed by atoms with van der Waals surface area (Å²) >= 11 is 0. The van der Waals surface area contributed by atoms with E-state index in [-0.39, 0.29) is 32.1 Å². The Bertz CT molecular complexity index is 664. The lowest BCUT2D eigenvalue weighted by Crippen LogP contribution is -2.27. The number of nitrogens with one attached hydrogen (secondary N) is 1. The van der Waals surface area contributed by atoms with Gasteiger partial charge in [0.1, 0.15) is 12.7 Å². The molecule has 41 heavy (non-hydrogen) atoms. The molecule has 0 saturated carbocycles. The van der Waals surface area contributed by atoms with Gasteiger partial charge < -0.3 is 20.1 Å². The summed E-state index contributed by atoms with van der Waals surface area (Å²) in [4.78, 5) is 33.5. The predicted molar refractivity (Wildman–Crippen MR) is 165 cm³/mol. The van der Waals surface area contributed by atoms with Gasteiger partial charge >= 0.3 is 13.8 Å². The number of carbonyl (C=O) groups excluding carboxylic acids is 2. The highest BCUT2D eigenvalue weighted by Crippen LogP contribution is 2.42. The number of rotatable bonds is 31. The number of unbranched alkanes of at least 4 members (excludes halogenated alkanes) is 18. The molecule has 0 saturated heterocycles. The minimum absolute atomic E-state index is 0.0867. The zero-order valence-corrected chi connectivity index (χ0v) is 27.1. The summed E-state index contributed by atoms with van der Waals surface area (Å²) in [7, 11) is -4.39. The van der Waals surface area contributed by atoms with Crippen LogP contribution in [0.5, 0.6) is 0 Å². The second-order valence-electron chi connectivity index (χ2n) is 11.1. The van der Waals surface area contributed by atoms with Crippen molar-refractivity contribution in [2.45, 2.75) is 161 Å². The van der Waals surface area contributed by atoms with Crippen molar-refractivity contribution in [3.05, 3.63) is 0 Å². The first-order valence-electron chi connectivity index (χ1n) is 16.5. The first kappa shape index (κ1) is 40.0. The molecule has 10 heteroatoms. The van der Waals surface area contributed by atoms with Gasteiger partial charge in [0.25, 0.3) is 0 Å². The normalized spacial score (nSPS) is 13.6. The summed E-state index contributed by atoms with van der Waals surface area (Å²) in [6, 6.07) is 0. The molecule has 3 N–H and O–H groups in total. The number of aliphatic hydroxyl groups is 1. The number of carbonyl (C=O) groups is 2. The van der Waals surface area contributed by atoms with Gasteiger partial charge in [-0.15, -0.1) is 0 Å². The highest BCUT2D eigenvalue weighted by Gasteiger charge is 2.23. The molecule has 2 atom stereocenters. The fourth-order valence-corrected chi connectivity index (χ4v) is 5.25. The van der Waals surface area contributed by atoms with Gasteiger partial charge in [-0.2, -0.15) is 0 Å². The molecule has 1 amide bonds. The van der Waals surface area contributed by atoms with E-state index in [1.165, 1.54) is 89.9 Å². The van der Waals surface area contributed by atoms with Gasteiger partial charge in [0.15, 0.2) is 0 Å². The van der Waals surface area contributed by atoms with E-state index in [4.69, 9.17) is 13.8 Å². The molecule has 0 aromatic carbocycles. The summed E-state index contributed by atoms with van der Waals surface area (Å²) in [6.07, 6.45) is 23.2. The van der Waals surface area contributed by atoms with Gasteiger partial charge in [0.05, 0.1) is 13.2 Å². The van der Waals surface area contributed by atoms with E-state index in [1.54, 1.807) is 0 Å². The van der Waals surface area contributed by atoms with Crippen LogP contribution in [0.3, 0.4) is 0 Å². The largest absolute Gasteiger partial charge is 0.472 e. The topological polar surface area (TPSA) is 131 Å². The van der Waals surface area contributed by atoms with E-state index >= 15 is 0 Å². The van der Waals surface area contributed by atoms with Crippen molar-refractivity contribution >= 4 is 19.7 Å². The zero-order valence-electron chi connectivity index (χ0n) is 26.3. The van der Waals surface area contributed by atoms with Crippen LogP contribution < -0.4 is 5.32 Å². The summed E-state index contributed by atoms with van der Waals surface area (Å²) in [5.74, 6) is -0.516.